The van der Waals surface area contributed by atoms with E-state index in [2.05, 4.69) is 39.9 Å². The average Bonchev–Trinajstić information content (AvgIpc) is 3.40. The van der Waals surface area contributed by atoms with Crippen molar-refractivity contribution in [2.45, 2.75) is 26.2 Å². The van der Waals surface area contributed by atoms with Crippen molar-refractivity contribution in [2.75, 3.05) is 18.4 Å². The number of hydrogen-bond acceptors (Lipinski definition) is 6. The Balaban J connectivity index is 1.21. The van der Waals surface area contributed by atoms with Gasteiger partial charge >= 0.3 is 5.97 Å². The molecule has 37 heavy (non-hydrogen) atoms. The minimum atomic E-state index is -0.938. The Labute approximate surface area is 215 Å². The van der Waals surface area contributed by atoms with Gasteiger partial charge in [0, 0.05) is 35.5 Å². The third-order valence-corrected chi connectivity index (χ3v) is 5.97. The molecular weight excluding hydrogens is 468 g/mol. The second-order valence-electron chi connectivity index (χ2n) is 8.98. The number of benzene rings is 3. The summed E-state index contributed by atoms with van der Waals surface area (Å²) in [7, 11) is 0. The number of amides is 1. The summed E-state index contributed by atoms with van der Waals surface area (Å²) in [6.45, 7) is 3.15. The molecule has 3 N–H and O–H groups in total. The quantitative estimate of drug-likeness (QED) is 0.243. The van der Waals surface area contributed by atoms with Crippen LogP contribution in [-0.4, -0.2) is 40.3 Å². The lowest BCUT2D eigenvalue weighted by Crippen LogP contribution is -2.25. The Morgan fingerprint density at radius 3 is 2.16 bits per heavy atom. The zero-order valence-corrected chi connectivity index (χ0v) is 20.7. The van der Waals surface area contributed by atoms with Gasteiger partial charge in [-0.25, -0.2) is 0 Å². The molecule has 0 saturated heterocycles. The molecule has 1 unspecified atom stereocenters. The Kier molecular flexibility index (Phi) is 8.65. The molecule has 1 amide bonds. The highest BCUT2D eigenvalue weighted by molar-refractivity contribution is 5.94. The maximum atomic E-state index is 12.0. The predicted molar refractivity (Wildman–Crippen MR) is 142 cm³/mol. The topological polar surface area (TPSA) is 117 Å². The fraction of sp³-hybridized carbons (Fsp3) is 0.241. The van der Waals surface area contributed by atoms with Crippen LogP contribution in [-0.2, 0) is 11.2 Å². The molecule has 0 radical (unpaired) electrons. The van der Waals surface area contributed by atoms with E-state index in [1.54, 1.807) is 12.1 Å². The minimum Gasteiger partial charge on any atom is -0.481 e. The summed E-state index contributed by atoms with van der Waals surface area (Å²) in [5.74, 6) is 0.280. The second kappa shape index (κ2) is 12.5. The summed E-state index contributed by atoms with van der Waals surface area (Å²) in [4.78, 5) is 22.6. The summed E-state index contributed by atoms with van der Waals surface area (Å²) < 4.78 is 5.84. The fourth-order valence-electron chi connectivity index (χ4n) is 3.91. The first kappa shape index (κ1) is 25.6. The van der Waals surface area contributed by atoms with Crippen LogP contribution in [0.4, 0.5) is 5.69 Å². The summed E-state index contributed by atoms with van der Waals surface area (Å²) in [6, 6.07) is 25.1. The van der Waals surface area contributed by atoms with Crippen molar-refractivity contribution in [3.05, 3.63) is 90.0 Å². The SMILES string of the molecule is CC(CCNc1ccc(C(=O)NCCC(=O)O)cc1)Cc1ccc(-c2nnc(-c3ccccc3)o2)cc1. The van der Waals surface area contributed by atoms with Gasteiger partial charge in [0.15, 0.2) is 0 Å². The zero-order valence-electron chi connectivity index (χ0n) is 20.7. The Bertz CT molecular complexity index is 1300. The van der Waals surface area contributed by atoms with Gasteiger partial charge in [-0.3, -0.25) is 9.59 Å². The minimum absolute atomic E-state index is 0.0953. The van der Waals surface area contributed by atoms with E-state index < -0.39 is 5.97 Å². The lowest BCUT2D eigenvalue weighted by molar-refractivity contribution is -0.136. The first-order valence-electron chi connectivity index (χ1n) is 12.3. The predicted octanol–water partition coefficient (Wildman–Crippen LogP) is 5.29. The van der Waals surface area contributed by atoms with Gasteiger partial charge in [0.25, 0.3) is 5.91 Å². The smallest absolute Gasteiger partial charge is 0.305 e. The van der Waals surface area contributed by atoms with Gasteiger partial charge in [-0.2, -0.15) is 0 Å². The molecule has 1 aromatic heterocycles. The van der Waals surface area contributed by atoms with E-state index >= 15 is 0 Å². The maximum absolute atomic E-state index is 12.0. The van der Waals surface area contributed by atoms with Crippen molar-refractivity contribution in [1.82, 2.24) is 15.5 Å². The van der Waals surface area contributed by atoms with Crippen molar-refractivity contribution in [1.29, 1.82) is 0 Å². The molecule has 0 bridgehead atoms. The lowest BCUT2D eigenvalue weighted by Gasteiger charge is -2.13. The number of nitrogens with zero attached hydrogens (tertiary/aromatic N) is 2. The van der Waals surface area contributed by atoms with Gasteiger partial charge in [0.1, 0.15) is 0 Å². The molecule has 8 heteroatoms. The van der Waals surface area contributed by atoms with Crippen LogP contribution in [0.25, 0.3) is 22.9 Å². The molecule has 8 nitrogen and oxygen atoms in total. The number of anilines is 1. The van der Waals surface area contributed by atoms with E-state index in [4.69, 9.17) is 9.52 Å². The molecule has 0 saturated carbocycles. The van der Waals surface area contributed by atoms with Crippen molar-refractivity contribution in [2.24, 2.45) is 5.92 Å². The number of nitrogens with one attached hydrogen (secondary N) is 2. The van der Waals surface area contributed by atoms with Crippen LogP contribution in [0.1, 0.15) is 35.7 Å². The van der Waals surface area contributed by atoms with Gasteiger partial charge in [-0.1, -0.05) is 37.3 Å². The Morgan fingerprint density at radius 1 is 0.865 bits per heavy atom. The molecule has 0 aliphatic heterocycles. The largest absolute Gasteiger partial charge is 0.481 e. The first-order chi connectivity index (χ1) is 18.0. The molecular formula is C29H30N4O4. The number of carboxylic acids is 1. The fourth-order valence-corrected chi connectivity index (χ4v) is 3.91. The highest BCUT2D eigenvalue weighted by Crippen LogP contribution is 2.24. The van der Waals surface area contributed by atoms with Crippen molar-refractivity contribution < 1.29 is 19.1 Å². The average molecular weight is 499 g/mol. The van der Waals surface area contributed by atoms with Crippen molar-refractivity contribution in [3.8, 4) is 22.9 Å². The number of carbonyl (C=O) groups is 2. The third kappa shape index (κ3) is 7.51. The van der Waals surface area contributed by atoms with E-state index in [1.807, 2.05) is 54.6 Å². The van der Waals surface area contributed by atoms with Crippen LogP contribution in [0.5, 0.6) is 0 Å². The molecule has 0 fully saturated rings. The van der Waals surface area contributed by atoms with Crippen LogP contribution < -0.4 is 10.6 Å². The number of rotatable bonds is 12. The molecule has 0 aliphatic carbocycles. The molecule has 1 heterocycles. The Morgan fingerprint density at radius 2 is 1.51 bits per heavy atom. The molecule has 190 valence electrons. The summed E-state index contributed by atoms with van der Waals surface area (Å²) in [6.07, 6.45) is 1.85. The van der Waals surface area contributed by atoms with E-state index in [9.17, 15) is 9.59 Å². The maximum Gasteiger partial charge on any atom is 0.305 e. The van der Waals surface area contributed by atoms with E-state index in [0.29, 0.717) is 23.3 Å². The molecule has 1 atom stereocenters. The standard InChI is InChI=1S/C29H30N4O4/c1-20(15-17-30-25-13-11-22(12-14-25)27(36)31-18-16-26(34)35)19-21-7-9-24(10-8-21)29-33-32-28(37-29)23-5-3-2-4-6-23/h2-14,20,30H,15-19H2,1H3,(H,31,36)(H,34,35). The van der Waals surface area contributed by atoms with Crippen molar-refractivity contribution >= 4 is 17.6 Å². The second-order valence-corrected chi connectivity index (χ2v) is 8.98. The van der Waals surface area contributed by atoms with E-state index in [0.717, 1.165) is 36.2 Å². The summed E-state index contributed by atoms with van der Waals surface area (Å²) >= 11 is 0. The van der Waals surface area contributed by atoms with Gasteiger partial charge in [-0.15, -0.1) is 10.2 Å². The van der Waals surface area contributed by atoms with Gasteiger partial charge in [0.2, 0.25) is 11.8 Å². The van der Waals surface area contributed by atoms with Crippen LogP contribution in [0, 0.1) is 5.92 Å². The summed E-state index contributed by atoms with van der Waals surface area (Å²) in [5.41, 5.74) is 4.48. The molecule has 4 aromatic rings. The zero-order chi connectivity index (χ0) is 26.0. The Hall–Kier alpha value is -4.46. The summed E-state index contributed by atoms with van der Waals surface area (Å²) in [5, 5.41) is 23.0. The number of aliphatic carboxylic acids is 1. The van der Waals surface area contributed by atoms with Gasteiger partial charge in [0.05, 0.1) is 6.42 Å². The number of hydrogen-bond donors (Lipinski definition) is 3. The monoisotopic (exact) mass is 498 g/mol. The first-order valence-corrected chi connectivity index (χ1v) is 12.3. The van der Waals surface area contributed by atoms with Crippen LogP contribution in [0.2, 0.25) is 0 Å². The normalized spacial score (nSPS) is 11.6. The number of carboxylic acid groups (broad SMARTS) is 1. The van der Waals surface area contributed by atoms with E-state index in [-0.39, 0.29) is 18.9 Å². The lowest BCUT2D eigenvalue weighted by atomic mass is 9.97. The molecule has 0 aliphatic rings. The van der Waals surface area contributed by atoms with E-state index in [1.165, 1.54) is 5.56 Å². The third-order valence-electron chi connectivity index (χ3n) is 5.97. The van der Waals surface area contributed by atoms with Crippen LogP contribution in [0.15, 0.2) is 83.3 Å². The van der Waals surface area contributed by atoms with Gasteiger partial charge < -0.3 is 20.2 Å². The molecule has 4 rings (SSSR count). The van der Waals surface area contributed by atoms with Crippen LogP contribution in [0.3, 0.4) is 0 Å². The number of carbonyl (C=O) groups excluding carboxylic acids is 1. The molecule has 3 aromatic carbocycles. The number of aromatic nitrogens is 2. The van der Waals surface area contributed by atoms with Gasteiger partial charge in [-0.05, 0) is 72.9 Å². The molecule has 0 spiro atoms. The highest BCUT2D eigenvalue weighted by atomic mass is 16.4. The highest BCUT2D eigenvalue weighted by Gasteiger charge is 2.11. The van der Waals surface area contributed by atoms with Crippen molar-refractivity contribution in [3.63, 3.8) is 0 Å². The van der Waals surface area contributed by atoms with Crippen LogP contribution >= 0.6 is 0 Å².